The van der Waals surface area contributed by atoms with E-state index in [1.54, 1.807) is 6.07 Å². The van der Waals surface area contributed by atoms with Crippen LogP contribution in [-0.4, -0.2) is 29.7 Å². The lowest BCUT2D eigenvalue weighted by Gasteiger charge is -2.11. The molecule has 1 N–H and O–H groups in total. The van der Waals surface area contributed by atoms with E-state index in [0.717, 1.165) is 4.57 Å². The number of ether oxygens (including phenoxy) is 2. The number of aromatic nitrogens is 2. The number of H-pyrrole nitrogens is 1. The van der Waals surface area contributed by atoms with Crippen LogP contribution in [0.5, 0.6) is 11.5 Å². The molecule has 1 aromatic heterocycles. The molecule has 0 radical (unpaired) electrons. The van der Waals surface area contributed by atoms with Gasteiger partial charge in [-0.2, -0.15) is 0 Å². The van der Waals surface area contributed by atoms with Crippen molar-refractivity contribution in [2.75, 3.05) is 14.2 Å². The Morgan fingerprint density at radius 1 is 1.04 bits per heavy atom. The van der Waals surface area contributed by atoms with Gasteiger partial charge >= 0.3 is 5.69 Å². The molecule has 0 aliphatic carbocycles. The molecule has 0 saturated heterocycles. The third-order valence-electron chi connectivity index (χ3n) is 3.73. The zero-order chi connectivity index (χ0) is 18.1. The molecule has 0 unspecified atom stereocenters. The normalized spacial score (nSPS) is 10.6. The Hall–Kier alpha value is -3.55. The van der Waals surface area contributed by atoms with E-state index in [-0.39, 0.29) is 22.2 Å². The molecular weight excluding hydrogens is 328 g/mol. The quantitative estimate of drug-likeness (QED) is 0.718. The SMILES string of the molecule is COc1cc(OC)cc(-n2c(=O)[nH]c3cc(C(=O)[O-])ccc3c2=O)c1. The molecule has 0 saturated carbocycles. The van der Waals surface area contributed by atoms with Crippen molar-refractivity contribution < 1.29 is 19.4 Å². The van der Waals surface area contributed by atoms with Crippen molar-refractivity contribution in [2.24, 2.45) is 0 Å². The Kier molecular flexibility index (Phi) is 4.02. The van der Waals surface area contributed by atoms with Gasteiger partial charge in [0.05, 0.1) is 36.8 Å². The number of nitrogens with one attached hydrogen (secondary N) is 1. The molecule has 0 spiro atoms. The van der Waals surface area contributed by atoms with Gasteiger partial charge in [0, 0.05) is 18.2 Å². The molecule has 1 heterocycles. The minimum Gasteiger partial charge on any atom is -0.545 e. The summed E-state index contributed by atoms with van der Waals surface area (Å²) in [7, 11) is 2.90. The Morgan fingerprint density at radius 3 is 2.24 bits per heavy atom. The third kappa shape index (κ3) is 2.85. The average molecular weight is 341 g/mol. The molecule has 0 fully saturated rings. The van der Waals surface area contributed by atoms with Gasteiger partial charge in [-0.1, -0.05) is 6.07 Å². The number of carbonyl (C=O) groups excluding carboxylic acids is 1. The van der Waals surface area contributed by atoms with Gasteiger partial charge < -0.3 is 24.4 Å². The fourth-order valence-corrected chi connectivity index (χ4v) is 2.50. The molecule has 3 aromatic rings. The number of benzene rings is 2. The lowest BCUT2D eigenvalue weighted by Crippen LogP contribution is -2.33. The molecule has 25 heavy (non-hydrogen) atoms. The number of fused-ring (bicyclic) bond motifs is 1. The molecule has 0 bridgehead atoms. The van der Waals surface area contributed by atoms with Gasteiger partial charge in [0.1, 0.15) is 11.5 Å². The summed E-state index contributed by atoms with van der Waals surface area (Å²) >= 11 is 0. The topological polar surface area (TPSA) is 113 Å². The van der Waals surface area contributed by atoms with Crippen molar-refractivity contribution >= 4 is 16.9 Å². The largest absolute Gasteiger partial charge is 0.545 e. The molecule has 2 aromatic carbocycles. The van der Waals surface area contributed by atoms with E-state index in [1.807, 2.05) is 0 Å². The van der Waals surface area contributed by atoms with Gasteiger partial charge in [-0.15, -0.1) is 0 Å². The van der Waals surface area contributed by atoms with Gasteiger partial charge in [-0.05, 0) is 17.7 Å². The number of nitrogens with zero attached hydrogens (tertiary/aromatic N) is 1. The first-order valence-electron chi connectivity index (χ1n) is 7.18. The molecule has 3 rings (SSSR count). The summed E-state index contributed by atoms with van der Waals surface area (Å²) in [5, 5.41) is 11.1. The zero-order valence-corrected chi connectivity index (χ0v) is 13.4. The zero-order valence-electron chi connectivity index (χ0n) is 13.4. The third-order valence-corrected chi connectivity index (χ3v) is 3.73. The second-order valence-electron chi connectivity index (χ2n) is 5.19. The van der Waals surface area contributed by atoms with Crippen molar-refractivity contribution in [1.29, 1.82) is 0 Å². The van der Waals surface area contributed by atoms with Crippen LogP contribution in [0.2, 0.25) is 0 Å². The summed E-state index contributed by atoms with van der Waals surface area (Å²) in [6.45, 7) is 0. The number of carboxylic acids is 1. The summed E-state index contributed by atoms with van der Waals surface area (Å²) in [6, 6.07) is 8.39. The molecule has 128 valence electrons. The van der Waals surface area contributed by atoms with Crippen LogP contribution >= 0.6 is 0 Å². The number of aromatic amines is 1. The lowest BCUT2D eigenvalue weighted by atomic mass is 10.1. The number of hydrogen-bond donors (Lipinski definition) is 1. The minimum atomic E-state index is -1.40. The maximum Gasteiger partial charge on any atom is 0.333 e. The minimum absolute atomic E-state index is 0.114. The molecule has 8 nitrogen and oxygen atoms in total. The van der Waals surface area contributed by atoms with Crippen molar-refractivity contribution in [3.63, 3.8) is 0 Å². The van der Waals surface area contributed by atoms with E-state index in [4.69, 9.17) is 9.47 Å². The Labute approximate surface area is 140 Å². The van der Waals surface area contributed by atoms with Crippen LogP contribution in [0.3, 0.4) is 0 Å². The number of carbonyl (C=O) groups is 1. The van der Waals surface area contributed by atoms with Crippen molar-refractivity contribution in [3.8, 4) is 17.2 Å². The Bertz CT molecular complexity index is 1070. The number of methoxy groups -OCH3 is 2. The molecule has 0 aliphatic heterocycles. The van der Waals surface area contributed by atoms with Crippen molar-refractivity contribution in [2.45, 2.75) is 0 Å². The van der Waals surface area contributed by atoms with Crippen molar-refractivity contribution in [3.05, 3.63) is 62.8 Å². The lowest BCUT2D eigenvalue weighted by molar-refractivity contribution is -0.255. The summed E-state index contributed by atoms with van der Waals surface area (Å²) in [6.07, 6.45) is 0. The van der Waals surface area contributed by atoms with Crippen LogP contribution in [-0.2, 0) is 0 Å². The van der Waals surface area contributed by atoms with E-state index in [2.05, 4.69) is 4.98 Å². The number of hydrogen-bond acceptors (Lipinski definition) is 6. The van der Waals surface area contributed by atoms with Crippen LogP contribution in [0.4, 0.5) is 0 Å². The van der Waals surface area contributed by atoms with Gasteiger partial charge in [0.25, 0.3) is 5.56 Å². The Morgan fingerprint density at radius 2 is 1.68 bits per heavy atom. The molecular formula is C17H13N2O6-. The Balaban J connectivity index is 2.31. The smallest absolute Gasteiger partial charge is 0.333 e. The highest BCUT2D eigenvalue weighted by molar-refractivity contribution is 5.91. The highest BCUT2D eigenvalue weighted by Gasteiger charge is 2.12. The molecule has 0 aliphatic rings. The van der Waals surface area contributed by atoms with Crippen LogP contribution in [0.1, 0.15) is 10.4 Å². The predicted octanol–water partition coefficient (Wildman–Crippen LogP) is 0.0597. The monoisotopic (exact) mass is 341 g/mol. The highest BCUT2D eigenvalue weighted by atomic mass is 16.5. The van der Waals surface area contributed by atoms with Gasteiger partial charge in [-0.25, -0.2) is 9.36 Å². The number of rotatable bonds is 4. The standard InChI is InChI=1S/C17H14N2O6/c1-24-11-6-10(7-12(8-11)25-2)19-15(20)13-4-3-9(16(21)22)5-14(13)18-17(19)23/h3-8H,1-2H3,(H,18,23)(H,21,22)/p-1. The second-order valence-corrected chi connectivity index (χ2v) is 5.19. The first kappa shape index (κ1) is 16.3. The predicted molar refractivity (Wildman–Crippen MR) is 87.6 cm³/mol. The van der Waals surface area contributed by atoms with Crippen LogP contribution in [0.25, 0.3) is 16.6 Å². The summed E-state index contributed by atoms with van der Waals surface area (Å²) in [5.41, 5.74) is -1.08. The maximum atomic E-state index is 12.7. The summed E-state index contributed by atoms with van der Waals surface area (Å²) < 4.78 is 11.2. The van der Waals surface area contributed by atoms with Crippen LogP contribution < -0.4 is 25.8 Å². The number of carboxylic acid groups (broad SMARTS) is 1. The van der Waals surface area contributed by atoms with Crippen LogP contribution in [0.15, 0.2) is 46.0 Å². The molecule has 0 amide bonds. The van der Waals surface area contributed by atoms with Gasteiger partial charge in [-0.3, -0.25) is 4.79 Å². The van der Waals surface area contributed by atoms with E-state index < -0.39 is 17.2 Å². The first-order valence-corrected chi connectivity index (χ1v) is 7.18. The molecule has 0 atom stereocenters. The molecule has 8 heteroatoms. The highest BCUT2D eigenvalue weighted by Crippen LogP contribution is 2.24. The summed E-state index contributed by atoms with van der Waals surface area (Å²) in [5.74, 6) is -0.578. The fraction of sp³-hybridized carbons (Fsp3) is 0.118. The van der Waals surface area contributed by atoms with Crippen molar-refractivity contribution in [1.82, 2.24) is 9.55 Å². The van der Waals surface area contributed by atoms with E-state index >= 15 is 0 Å². The number of aromatic carboxylic acids is 1. The van der Waals surface area contributed by atoms with E-state index in [1.165, 1.54) is 44.6 Å². The van der Waals surface area contributed by atoms with Gasteiger partial charge in [0.15, 0.2) is 0 Å². The van der Waals surface area contributed by atoms with E-state index in [9.17, 15) is 19.5 Å². The first-order chi connectivity index (χ1) is 11.9. The van der Waals surface area contributed by atoms with E-state index in [0.29, 0.717) is 11.5 Å². The second kappa shape index (κ2) is 6.16. The maximum absolute atomic E-state index is 12.7. The van der Waals surface area contributed by atoms with Crippen LogP contribution in [0, 0.1) is 0 Å². The summed E-state index contributed by atoms with van der Waals surface area (Å²) in [4.78, 5) is 38.6. The van der Waals surface area contributed by atoms with Gasteiger partial charge in [0.2, 0.25) is 0 Å². The average Bonchev–Trinajstić information content (AvgIpc) is 2.60. The fourth-order valence-electron chi connectivity index (χ4n) is 2.50.